The molecule has 0 saturated carbocycles. The highest BCUT2D eigenvalue weighted by molar-refractivity contribution is 7.15. The largest absolute Gasteiger partial charge is 0.495 e. The van der Waals surface area contributed by atoms with Gasteiger partial charge in [-0.25, -0.2) is 4.98 Å². The molecule has 2 amide bonds. The fourth-order valence-corrected chi connectivity index (χ4v) is 3.33. The van der Waals surface area contributed by atoms with E-state index in [1.54, 1.807) is 19.2 Å². The van der Waals surface area contributed by atoms with Crippen LogP contribution >= 0.6 is 11.3 Å². The molecule has 1 N–H and O–H groups in total. The Balaban J connectivity index is 1.61. The lowest BCUT2D eigenvalue weighted by atomic mass is 10.2. The molecule has 0 fully saturated rings. The number of nitrogens with one attached hydrogen (secondary N) is 1. The van der Waals surface area contributed by atoms with Crippen LogP contribution in [-0.4, -0.2) is 46.3 Å². The molecule has 0 spiro atoms. The Labute approximate surface area is 155 Å². The third-order valence-electron chi connectivity index (χ3n) is 3.93. The van der Waals surface area contributed by atoms with Gasteiger partial charge in [0.1, 0.15) is 5.75 Å². The van der Waals surface area contributed by atoms with Crippen molar-refractivity contribution in [2.24, 2.45) is 0 Å². The second-order valence-electron chi connectivity index (χ2n) is 5.66. The topological polar surface area (TPSA) is 75.9 Å². The van der Waals surface area contributed by atoms with Gasteiger partial charge in [0.05, 0.1) is 31.5 Å². The first kappa shape index (κ1) is 17.9. The highest BCUT2D eigenvalue weighted by Gasteiger charge is 2.18. The normalized spacial score (nSPS) is 10.7. The van der Waals surface area contributed by atoms with Crippen molar-refractivity contribution in [2.45, 2.75) is 13.3 Å². The first-order chi connectivity index (χ1) is 12.6. The third kappa shape index (κ3) is 4.02. The predicted molar refractivity (Wildman–Crippen MR) is 101 cm³/mol. The molecule has 26 heavy (non-hydrogen) atoms. The van der Waals surface area contributed by atoms with Crippen LogP contribution in [0.3, 0.4) is 0 Å². The zero-order valence-corrected chi connectivity index (χ0v) is 15.5. The zero-order chi connectivity index (χ0) is 18.5. The molecular weight excluding hydrogens is 352 g/mol. The van der Waals surface area contributed by atoms with Crippen molar-refractivity contribution in [1.82, 2.24) is 14.3 Å². The number of methoxy groups -OCH3 is 1. The first-order valence-electron chi connectivity index (χ1n) is 8.22. The number of amides is 2. The van der Waals surface area contributed by atoms with Crippen LogP contribution in [-0.2, 0) is 16.0 Å². The summed E-state index contributed by atoms with van der Waals surface area (Å²) in [4.78, 5) is 31.6. The van der Waals surface area contributed by atoms with E-state index >= 15 is 0 Å². The molecule has 2 aromatic heterocycles. The van der Waals surface area contributed by atoms with E-state index in [1.807, 2.05) is 41.2 Å². The Morgan fingerprint density at radius 2 is 2.15 bits per heavy atom. The fraction of sp³-hybridized carbons (Fsp3) is 0.278. The lowest BCUT2D eigenvalue weighted by molar-refractivity contribution is -0.133. The standard InChI is InChI=1S/C18H20N4O3S/c1-3-21(12-16(23)20-14-6-4-5-7-15(14)25-2)17(24)10-13-11-22-8-9-26-18(22)19-13/h4-9,11H,3,10,12H2,1-2H3,(H,20,23). The number of ether oxygens (including phenoxy) is 1. The Hall–Kier alpha value is -2.87. The van der Waals surface area contributed by atoms with Gasteiger partial charge in [0.15, 0.2) is 4.96 Å². The number of anilines is 1. The molecule has 0 saturated heterocycles. The van der Waals surface area contributed by atoms with E-state index in [2.05, 4.69) is 10.3 Å². The molecule has 2 heterocycles. The van der Waals surface area contributed by atoms with E-state index in [9.17, 15) is 9.59 Å². The first-order valence-corrected chi connectivity index (χ1v) is 9.10. The summed E-state index contributed by atoms with van der Waals surface area (Å²) >= 11 is 1.52. The highest BCUT2D eigenvalue weighted by Crippen LogP contribution is 2.22. The number of aromatic nitrogens is 2. The molecular formula is C18H20N4O3S. The van der Waals surface area contributed by atoms with E-state index in [0.29, 0.717) is 23.7 Å². The number of benzene rings is 1. The Morgan fingerprint density at radius 3 is 2.88 bits per heavy atom. The average Bonchev–Trinajstić information content (AvgIpc) is 3.21. The number of imidazole rings is 1. The van der Waals surface area contributed by atoms with Crippen molar-refractivity contribution in [3.8, 4) is 5.75 Å². The molecule has 0 atom stereocenters. The summed E-state index contributed by atoms with van der Waals surface area (Å²) in [7, 11) is 1.54. The van der Waals surface area contributed by atoms with Gasteiger partial charge in [-0.1, -0.05) is 12.1 Å². The summed E-state index contributed by atoms with van der Waals surface area (Å²) < 4.78 is 7.11. The zero-order valence-electron chi connectivity index (χ0n) is 14.6. The molecule has 0 aliphatic carbocycles. The SMILES string of the molecule is CCN(CC(=O)Nc1ccccc1OC)C(=O)Cc1cn2ccsc2n1. The van der Waals surface area contributed by atoms with Gasteiger partial charge >= 0.3 is 0 Å². The maximum absolute atomic E-state index is 12.5. The molecule has 7 nitrogen and oxygen atoms in total. The van der Waals surface area contributed by atoms with Crippen molar-refractivity contribution in [2.75, 3.05) is 25.5 Å². The molecule has 1 aromatic carbocycles. The van der Waals surface area contributed by atoms with E-state index in [-0.39, 0.29) is 24.8 Å². The van der Waals surface area contributed by atoms with Gasteiger partial charge in [0, 0.05) is 24.3 Å². The highest BCUT2D eigenvalue weighted by atomic mass is 32.1. The van der Waals surface area contributed by atoms with Gasteiger partial charge in [-0.2, -0.15) is 0 Å². The van der Waals surface area contributed by atoms with Crippen LogP contribution < -0.4 is 10.1 Å². The molecule has 3 aromatic rings. The molecule has 8 heteroatoms. The monoisotopic (exact) mass is 372 g/mol. The van der Waals surface area contributed by atoms with Crippen LogP contribution in [0.4, 0.5) is 5.69 Å². The van der Waals surface area contributed by atoms with E-state index in [4.69, 9.17) is 4.74 Å². The Kier molecular flexibility index (Phi) is 5.52. The predicted octanol–water partition coefficient (Wildman–Crippen LogP) is 2.43. The fourth-order valence-electron chi connectivity index (χ4n) is 2.62. The maximum Gasteiger partial charge on any atom is 0.244 e. The van der Waals surface area contributed by atoms with Gasteiger partial charge in [0.2, 0.25) is 11.8 Å². The molecule has 0 unspecified atom stereocenters. The lowest BCUT2D eigenvalue weighted by Gasteiger charge is -2.20. The third-order valence-corrected chi connectivity index (χ3v) is 4.70. The number of nitrogens with zero attached hydrogens (tertiary/aromatic N) is 3. The van der Waals surface area contributed by atoms with Crippen LogP contribution in [0.25, 0.3) is 4.96 Å². The van der Waals surface area contributed by atoms with Crippen molar-refractivity contribution in [3.63, 3.8) is 0 Å². The number of fused-ring (bicyclic) bond motifs is 1. The van der Waals surface area contributed by atoms with Gasteiger partial charge < -0.3 is 15.0 Å². The maximum atomic E-state index is 12.5. The number of para-hydroxylation sites is 2. The summed E-state index contributed by atoms with van der Waals surface area (Å²) in [6, 6.07) is 7.16. The smallest absolute Gasteiger partial charge is 0.244 e. The number of hydrogen-bond donors (Lipinski definition) is 1. The average molecular weight is 372 g/mol. The summed E-state index contributed by atoms with van der Waals surface area (Å²) in [5.41, 5.74) is 1.28. The van der Waals surface area contributed by atoms with Crippen LogP contribution in [0.15, 0.2) is 42.0 Å². The molecule has 0 bridgehead atoms. The molecule has 136 valence electrons. The molecule has 0 aliphatic heterocycles. The summed E-state index contributed by atoms with van der Waals surface area (Å²) in [5, 5.41) is 4.73. The minimum absolute atomic E-state index is 0.0183. The van der Waals surface area contributed by atoms with Crippen LogP contribution in [0, 0.1) is 0 Å². The minimum atomic E-state index is -0.268. The number of thiazole rings is 1. The summed E-state index contributed by atoms with van der Waals surface area (Å²) in [6.45, 7) is 2.27. The second kappa shape index (κ2) is 8.01. The van der Waals surface area contributed by atoms with Gasteiger partial charge in [-0.05, 0) is 19.1 Å². The van der Waals surface area contributed by atoms with Crippen molar-refractivity contribution >= 4 is 33.8 Å². The van der Waals surface area contributed by atoms with E-state index in [1.165, 1.54) is 16.2 Å². The number of carbonyl (C=O) groups excluding carboxylic acids is 2. The van der Waals surface area contributed by atoms with Crippen molar-refractivity contribution in [1.29, 1.82) is 0 Å². The lowest BCUT2D eigenvalue weighted by Crippen LogP contribution is -2.38. The second-order valence-corrected chi connectivity index (χ2v) is 6.53. The number of rotatable bonds is 7. The summed E-state index contributed by atoms with van der Waals surface area (Å²) in [6.07, 6.45) is 3.91. The van der Waals surface area contributed by atoms with E-state index in [0.717, 1.165) is 4.96 Å². The number of carbonyl (C=O) groups is 2. The Morgan fingerprint density at radius 1 is 1.35 bits per heavy atom. The number of likely N-dealkylation sites (N-methyl/N-ethyl adjacent to an activating group) is 1. The van der Waals surface area contributed by atoms with Crippen LogP contribution in [0.2, 0.25) is 0 Å². The Bertz CT molecular complexity index is 889. The minimum Gasteiger partial charge on any atom is -0.495 e. The molecule has 0 radical (unpaired) electrons. The van der Waals surface area contributed by atoms with Crippen LogP contribution in [0.1, 0.15) is 12.6 Å². The number of hydrogen-bond acceptors (Lipinski definition) is 5. The summed E-state index contributed by atoms with van der Waals surface area (Å²) in [5.74, 6) is 0.178. The van der Waals surface area contributed by atoms with Crippen molar-refractivity contribution < 1.29 is 14.3 Å². The van der Waals surface area contributed by atoms with Gasteiger partial charge in [-0.15, -0.1) is 11.3 Å². The molecule has 3 rings (SSSR count). The van der Waals surface area contributed by atoms with Gasteiger partial charge in [-0.3, -0.25) is 14.0 Å². The van der Waals surface area contributed by atoms with Gasteiger partial charge in [0.25, 0.3) is 0 Å². The quantitative estimate of drug-likeness (QED) is 0.691. The molecule has 0 aliphatic rings. The van der Waals surface area contributed by atoms with Crippen LogP contribution in [0.5, 0.6) is 5.75 Å². The van der Waals surface area contributed by atoms with E-state index < -0.39 is 0 Å². The van der Waals surface area contributed by atoms with Crippen molar-refractivity contribution in [3.05, 3.63) is 47.7 Å².